The number of nitrogens with one attached hydrogen (secondary N) is 1. The van der Waals surface area contributed by atoms with E-state index in [4.69, 9.17) is 11.6 Å². The molecule has 1 heterocycles. The summed E-state index contributed by atoms with van der Waals surface area (Å²) >= 11 is 5.95. The van der Waals surface area contributed by atoms with Crippen LogP contribution in [-0.2, 0) is 16.6 Å². The van der Waals surface area contributed by atoms with E-state index >= 15 is 0 Å². The molecule has 1 unspecified atom stereocenters. The summed E-state index contributed by atoms with van der Waals surface area (Å²) in [6.45, 7) is 1.74. The van der Waals surface area contributed by atoms with Crippen LogP contribution in [0.1, 0.15) is 5.56 Å². The van der Waals surface area contributed by atoms with Crippen LogP contribution >= 0.6 is 11.6 Å². The van der Waals surface area contributed by atoms with Gasteiger partial charge in [0, 0.05) is 35.7 Å². The summed E-state index contributed by atoms with van der Waals surface area (Å²) in [4.78, 5) is 10.4. The third-order valence-corrected chi connectivity index (χ3v) is 4.69. The maximum atomic E-state index is 11.9. The van der Waals surface area contributed by atoms with Gasteiger partial charge in [-0.05, 0) is 12.0 Å². The fourth-order valence-electron chi connectivity index (χ4n) is 1.81. The first-order valence-corrected chi connectivity index (χ1v) is 7.42. The summed E-state index contributed by atoms with van der Waals surface area (Å²) in [5.41, 5.74) is 0.317. The van der Waals surface area contributed by atoms with Gasteiger partial charge in [0.25, 0.3) is 5.69 Å². The lowest BCUT2D eigenvalue weighted by molar-refractivity contribution is -0.385. The zero-order valence-corrected chi connectivity index (χ0v) is 11.2. The van der Waals surface area contributed by atoms with Gasteiger partial charge in [-0.25, -0.2) is 0 Å². The maximum absolute atomic E-state index is 11.9. The number of nitrogens with zero attached hydrogens (tertiary/aromatic N) is 1. The van der Waals surface area contributed by atoms with E-state index in [9.17, 15) is 14.3 Å². The van der Waals surface area contributed by atoms with E-state index in [0.29, 0.717) is 22.3 Å². The van der Waals surface area contributed by atoms with Crippen molar-refractivity contribution in [1.29, 1.82) is 0 Å². The Morgan fingerprint density at radius 3 is 2.78 bits per heavy atom. The zero-order chi connectivity index (χ0) is 13.1. The third-order valence-electron chi connectivity index (χ3n) is 2.88. The van der Waals surface area contributed by atoms with Crippen molar-refractivity contribution in [3.8, 4) is 0 Å². The predicted molar refractivity (Wildman–Crippen MR) is 71.2 cm³/mol. The number of hydrogen-bond donors (Lipinski definition) is 1. The smallest absolute Gasteiger partial charge is 0.275 e. The first-order valence-electron chi connectivity index (χ1n) is 5.55. The predicted octanol–water partition coefficient (Wildman–Crippen LogP) is 1.72. The maximum Gasteiger partial charge on any atom is 0.275 e. The SMILES string of the molecule is O=[N+]([O-])c1cccc(Cl)c1CS(=O)CC1CNC1. The molecule has 98 valence electrons. The molecule has 18 heavy (non-hydrogen) atoms. The Balaban J connectivity index is 2.11. The summed E-state index contributed by atoms with van der Waals surface area (Å²) in [5.74, 6) is 1.12. The Morgan fingerprint density at radius 1 is 1.50 bits per heavy atom. The van der Waals surface area contributed by atoms with Gasteiger partial charge in [-0.3, -0.25) is 14.3 Å². The van der Waals surface area contributed by atoms with Gasteiger partial charge < -0.3 is 5.32 Å². The molecule has 1 aliphatic heterocycles. The fraction of sp³-hybridized carbons (Fsp3) is 0.455. The lowest BCUT2D eigenvalue weighted by atomic mass is 10.1. The minimum atomic E-state index is -1.12. The highest BCUT2D eigenvalue weighted by atomic mass is 35.5. The van der Waals surface area contributed by atoms with Crippen molar-refractivity contribution in [2.45, 2.75) is 5.75 Å². The standard InChI is InChI=1S/C11H13ClN2O3S/c12-10-2-1-3-11(14(15)16)9(10)7-18(17)6-8-4-13-5-8/h1-3,8,13H,4-7H2. The molecule has 1 aromatic rings. The van der Waals surface area contributed by atoms with Crippen LogP contribution < -0.4 is 5.32 Å². The highest BCUT2D eigenvalue weighted by molar-refractivity contribution is 7.84. The van der Waals surface area contributed by atoms with Crippen molar-refractivity contribution in [2.24, 2.45) is 5.92 Å². The lowest BCUT2D eigenvalue weighted by Gasteiger charge is -2.26. The van der Waals surface area contributed by atoms with Gasteiger partial charge in [-0.1, -0.05) is 17.7 Å². The Labute approximate surface area is 112 Å². The van der Waals surface area contributed by atoms with Gasteiger partial charge in [0.15, 0.2) is 0 Å². The summed E-state index contributed by atoms with van der Waals surface area (Å²) in [5, 5.41) is 14.3. The van der Waals surface area contributed by atoms with Gasteiger partial charge >= 0.3 is 0 Å². The summed E-state index contributed by atoms with van der Waals surface area (Å²) in [6, 6.07) is 4.51. The fourth-order valence-corrected chi connectivity index (χ4v) is 3.63. The second-order valence-electron chi connectivity index (χ2n) is 4.27. The number of hydrogen-bond acceptors (Lipinski definition) is 4. The highest BCUT2D eigenvalue weighted by Crippen LogP contribution is 2.27. The quantitative estimate of drug-likeness (QED) is 0.661. The minimum Gasteiger partial charge on any atom is -0.316 e. The highest BCUT2D eigenvalue weighted by Gasteiger charge is 2.23. The van der Waals surface area contributed by atoms with E-state index < -0.39 is 15.7 Å². The molecule has 1 N–H and O–H groups in total. The van der Waals surface area contributed by atoms with Crippen molar-refractivity contribution in [1.82, 2.24) is 5.32 Å². The van der Waals surface area contributed by atoms with Crippen molar-refractivity contribution in [2.75, 3.05) is 18.8 Å². The molecule has 0 radical (unpaired) electrons. The molecule has 1 fully saturated rings. The van der Waals surface area contributed by atoms with Crippen LogP contribution in [0.25, 0.3) is 0 Å². The molecule has 1 aliphatic rings. The van der Waals surface area contributed by atoms with Crippen LogP contribution in [0.5, 0.6) is 0 Å². The molecule has 0 bridgehead atoms. The molecule has 0 aromatic heterocycles. The lowest BCUT2D eigenvalue weighted by Crippen LogP contribution is -2.44. The van der Waals surface area contributed by atoms with Crippen molar-refractivity contribution in [3.05, 3.63) is 38.9 Å². The topological polar surface area (TPSA) is 72.2 Å². The van der Waals surface area contributed by atoms with Gasteiger partial charge in [0.1, 0.15) is 0 Å². The molecule has 2 rings (SSSR count). The van der Waals surface area contributed by atoms with Crippen LogP contribution in [0.2, 0.25) is 5.02 Å². The molecule has 1 saturated heterocycles. The largest absolute Gasteiger partial charge is 0.316 e. The van der Waals surface area contributed by atoms with Crippen molar-refractivity contribution in [3.63, 3.8) is 0 Å². The molecule has 0 amide bonds. The average molecular weight is 289 g/mol. The van der Waals surface area contributed by atoms with E-state index in [1.165, 1.54) is 12.1 Å². The third kappa shape index (κ3) is 3.07. The van der Waals surface area contributed by atoms with Crippen molar-refractivity contribution < 1.29 is 9.13 Å². The van der Waals surface area contributed by atoms with E-state index in [1.54, 1.807) is 6.07 Å². The summed E-state index contributed by atoms with van der Waals surface area (Å²) in [7, 11) is -1.12. The van der Waals surface area contributed by atoms with Crippen LogP contribution in [0.3, 0.4) is 0 Å². The number of benzene rings is 1. The normalized spacial score (nSPS) is 17.2. The molecule has 0 saturated carbocycles. The van der Waals surface area contributed by atoms with Gasteiger partial charge in [0.05, 0.1) is 21.3 Å². The van der Waals surface area contributed by atoms with E-state index in [-0.39, 0.29) is 11.4 Å². The van der Waals surface area contributed by atoms with Gasteiger partial charge in [-0.2, -0.15) is 0 Å². The second-order valence-corrected chi connectivity index (χ2v) is 6.18. The molecular weight excluding hydrogens is 276 g/mol. The number of nitro groups is 1. The molecule has 7 heteroatoms. The Morgan fingerprint density at radius 2 is 2.22 bits per heavy atom. The molecular formula is C11H13ClN2O3S. The Bertz CT molecular complexity index is 491. The van der Waals surface area contributed by atoms with Gasteiger partial charge in [-0.15, -0.1) is 0 Å². The molecule has 0 aliphatic carbocycles. The number of halogens is 1. The monoisotopic (exact) mass is 288 g/mol. The minimum absolute atomic E-state index is 0.0532. The second kappa shape index (κ2) is 5.77. The van der Waals surface area contributed by atoms with Crippen LogP contribution in [0.4, 0.5) is 5.69 Å². The van der Waals surface area contributed by atoms with Gasteiger partial charge in [0.2, 0.25) is 0 Å². The molecule has 5 nitrogen and oxygen atoms in total. The molecule has 1 atom stereocenters. The van der Waals surface area contributed by atoms with E-state index in [1.807, 2.05) is 0 Å². The molecule has 1 aromatic carbocycles. The van der Waals surface area contributed by atoms with Crippen molar-refractivity contribution >= 4 is 28.1 Å². The van der Waals surface area contributed by atoms with Crippen LogP contribution in [-0.4, -0.2) is 28.0 Å². The number of nitro benzene ring substituents is 1. The number of rotatable bonds is 5. The Kier molecular flexibility index (Phi) is 4.31. The first kappa shape index (κ1) is 13.5. The first-order chi connectivity index (χ1) is 8.58. The van der Waals surface area contributed by atoms with Crippen LogP contribution in [0, 0.1) is 16.0 Å². The van der Waals surface area contributed by atoms with Crippen LogP contribution in [0.15, 0.2) is 18.2 Å². The summed E-state index contributed by atoms with van der Waals surface area (Å²) < 4.78 is 11.9. The average Bonchev–Trinajstić information content (AvgIpc) is 2.26. The van der Waals surface area contributed by atoms with E-state index in [0.717, 1.165) is 13.1 Å². The summed E-state index contributed by atoms with van der Waals surface area (Å²) in [6.07, 6.45) is 0. The zero-order valence-electron chi connectivity index (χ0n) is 9.60. The Hall–Kier alpha value is -0.980. The molecule has 0 spiro atoms. The van der Waals surface area contributed by atoms with E-state index in [2.05, 4.69) is 5.32 Å².